The molecule has 1 aliphatic rings. The number of nitrogens with zero attached hydrogens (tertiary/aromatic N) is 1. The number of carbonyl (C=O) groups is 1. The van der Waals surface area contributed by atoms with Crippen LogP contribution in [0.1, 0.15) is 11.3 Å². The highest BCUT2D eigenvalue weighted by Crippen LogP contribution is 2.17. The molecule has 4 heteroatoms. The highest BCUT2D eigenvalue weighted by Gasteiger charge is 2.13. The minimum Gasteiger partial charge on any atom is -0.334 e. The van der Waals surface area contributed by atoms with E-state index >= 15 is 0 Å². The molecule has 2 N–H and O–H groups in total. The Kier molecular flexibility index (Phi) is 1.46. The van der Waals surface area contributed by atoms with E-state index in [0.29, 0.717) is 6.54 Å². The van der Waals surface area contributed by atoms with Crippen LogP contribution in [-0.4, -0.2) is 11.0 Å². The number of aromatic nitrogens is 1. The van der Waals surface area contributed by atoms with Crippen molar-refractivity contribution in [2.45, 2.75) is 13.5 Å². The molecule has 0 saturated heterocycles. The molecule has 1 aromatic rings. The lowest BCUT2D eigenvalue weighted by Gasteiger charge is -2.17. The van der Waals surface area contributed by atoms with Crippen LogP contribution in [0.4, 0.5) is 10.5 Å². The molecular formula is C8H9N3O. The van der Waals surface area contributed by atoms with E-state index in [1.165, 1.54) is 0 Å². The summed E-state index contributed by atoms with van der Waals surface area (Å²) in [4.78, 5) is 14.9. The lowest BCUT2D eigenvalue weighted by atomic mass is 10.2. The molecule has 0 aromatic carbocycles. The van der Waals surface area contributed by atoms with Crippen LogP contribution < -0.4 is 10.6 Å². The number of anilines is 1. The summed E-state index contributed by atoms with van der Waals surface area (Å²) in [7, 11) is 0. The first-order chi connectivity index (χ1) is 5.75. The number of pyridine rings is 1. The van der Waals surface area contributed by atoms with Crippen LogP contribution in [0.15, 0.2) is 12.3 Å². The molecule has 12 heavy (non-hydrogen) atoms. The molecule has 0 atom stereocenters. The third-order valence-electron chi connectivity index (χ3n) is 1.81. The molecule has 0 saturated carbocycles. The lowest BCUT2D eigenvalue weighted by molar-refractivity contribution is 0.251. The van der Waals surface area contributed by atoms with E-state index in [-0.39, 0.29) is 6.03 Å². The molecular weight excluding hydrogens is 154 g/mol. The summed E-state index contributed by atoms with van der Waals surface area (Å²) in [5, 5.41) is 5.36. The fraction of sp³-hybridized carbons (Fsp3) is 0.250. The van der Waals surface area contributed by atoms with Gasteiger partial charge >= 0.3 is 6.03 Å². The van der Waals surface area contributed by atoms with Gasteiger partial charge in [0.25, 0.3) is 0 Å². The van der Waals surface area contributed by atoms with E-state index in [4.69, 9.17) is 0 Å². The van der Waals surface area contributed by atoms with E-state index in [9.17, 15) is 4.79 Å². The van der Waals surface area contributed by atoms with Crippen molar-refractivity contribution in [2.75, 3.05) is 5.32 Å². The van der Waals surface area contributed by atoms with Gasteiger partial charge in [-0.05, 0) is 18.6 Å². The van der Waals surface area contributed by atoms with Crippen molar-refractivity contribution < 1.29 is 4.79 Å². The van der Waals surface area contributed by atoms with Crippen molar-refractivity contribution >= 4 is 11.7 Å². The third kappa shape index (κ3) is 1.11. The molecule has 0 spiro atoms. The van der Waals surface area contributed by atoms with Gasteiger partial charge < -0.3 is 10.6 Å². The molecule has 1 aromatic heterocycles. The Bertz CT molecular complexity index is 335. The van der Waals surface area contributed by atoms with Gasteiger partial charge in [0.1, 0.15) is 0 Å². The van der Waals surface area contributed by atoms with Gasteiger partial charge in [-0.2, -0.15) is 0 Å². The molecule has 2 rings (SSSR count). The smallest absolute Gasteiger partial charge is 0.319 e. The number of fused-ring (bicyclic) bond motifs is 1. The van der Waals surface area contributed by atoms with Crippen molar-refractivity contribution in [1.29, 1.82) is 0 Å². The zero-order valence-electron chi connectivity index (χ0n) is 6.72. The molecule has 0 aliphatic carbocycles. The lowest BCUT2D eigenvalue weighted by Crippen LogP contribution is -2.33. The van der Waals surface area contributed by atoms with Crippen LogP contribution in [0.25, 0.3) is 0 Å². The molecule has 1 aliphatic heterocycles. The molecule has 0 fully saturated rings. The quantitative estimate of drug-likeness (QED) is 0.600. The fourth-order valence-corrected chi connectivity index (χ4v) is 1.22. The molecule has 4 nitrogen and oxygen atoms in total. The first-order valence-corrected chi connectivity index (χ1v) is 3.76. The maximum absolute atomic E-state index is 10.9. The second kappa shape index (κ2) is 2.48. The summed E-state index contributed by atoms with van der Waals surface area (Å²) in [5.41, 5.74) is 2.86. The third-order valence-corrected chi connectivity index (χ3v) is 1.81. The number of hydrogen-bond donors (Lipinski definition) is 2. The molecule has 2 heterocycles. The Morgan fingerprint density at radius 3 is 3.25 bits per heavy atom. The van der Waals surface area contributed by atoms with Crippen molar-refractivity contribution in [3.05, 3.63) is 23.5 Å². The van der Waals surface area contributed by atoms with Crippen LogP contribution in [0.5, 0.6) is 0 Å². The second-order valence-electron chi connectivity index (χ2n) is 2.79. The van der Waals surface area contributed by atoms with Crippen molar-refractivity contribution in [1.82, 2.24) is 10.3 Å². The predicted molar refractivity (Wildman–Crippen MR) is 44.8 cm³/mol. The van der Waals surface area contributed by atoms with Gasteiger partial charge in [-0.1, -0.05) is 0 Å². The first-order valence-electron chi connectivity index (χ1n) is 3.76. The zero-order valence-corrected chi connectivity index (χ0v) is 6.72. The number of hydrogen-bond acceptors (Lipinski definition) is 2. The summed E-state index contributed by atoms with van der Waals surface area (Å²) in [6, 6.07) is 1.80. The second-order valence-corrected chi connectivity index (χ2v) is 2.79. The Hall–Kier alpha value is -1.58. The van der Waals surface area contributed by atoms with Gasteiger partial charge in [-0.15, -0.1) is 0 Å². The van der Waals surface area contributed by atoms with Crippen molar-refractivity contribution in [2.24, 2.45) is 0 Å². The summed E-state index contributed by atoms with van der Waals surface area (Å²) in [6.45, 7) is 2.52. The maximum Gasteiger partial charge on any atom is 0.319 e. The Labute approximate surface area is 70.0 Å². The predicted octanol–water partition coefficient (Wildman–Crippen LogP) is 1.03. The van der Waals surface area contributed by atoms with E-state index < -0.39 is 0 Å². The minimum atomic E-state index is -0.159. The number of urea groups is 1. The highest BCUT2D eigenvalue weighted by molar-refractivity contribution is 5.91. The normalized spacial score (nSPS) is 14.6. The standard InChI is InChI=1S/C8H9N3O/c1-5-2-6-3-10-8(12)11-7(6)4-9-5/h2,4H,3H2,1H3,(H2,10,11,12). The van der Waals surface area contributed by atoms with Crippen molar-refractivity contribution in [3.63, 3.8) is 0 Å². The Morgan fingerprint density at radius 1 is 1.58 bits per heavy atom. The Morgan fingerprint density at radius 2 is 2.42 bits per heavy atom. The average Bonchev–Trinajstić information content (AvgIpc) is 2.05. The molecule has 0 unspecified atom stereocenters. The van der Waals surface area contributed by atoms with Crippen LogP contribution in [0, 0.1) is 6.92 Å². The first kappa shape index (κ1) is 7.09. The molecule has 0 radical (unpaired) electrons. The van der Waals surface area contributed by atoms with E-state index in [0.717, 1.165) is 16.9 Å². The van der Waals surface area contributed by atoms with Gasteiger partial charge in [-0.3, -0.25) is 4.98 Å². The fourth-order valence-electron chi connectivity index (χ4n) is 1.22. The summed E-state index contributed by atoms with van der Waals surface area (Å²) in [6.07, 6.45) is 1.68. The zero-order chi connectivity index (χ0) is 8.55. The largest absolute Gasteiger partial charge is 0.334 e. The molecule has 0 bridgehead atoms. The maximum atomic E-state index is 10.9. The van der Waals surface area contributed by atoms with E-state index in [1.807, 2.05) is 13.0 Å². The van der Waals surface area contributed by atoms with Crippen LogP contribution in [0.3, 0.4) is 0 Å². The number of rotatable bonds is 0. The number of amides is 2. The summed E-state index contributed by atoms with van der Waals surface area (Å²) < 4.78 is 0. The van der Waals surface area contributed by atoms with E-state index in [2.05, 4.69) is 15.6 Å². The van der Waals surface area contributed by atoms with Crippen LogP contribution in [0.2, 0.25) is 0 Å². The number of carbonyl (C=O) groups excluding carboxylic acids is 1. The SMILES string of the molecule is Cc1cc2c(cn1)NC(=O)NC2. The van der Waals surface area contributed by atoms with Gasteiger partial charge in [-0.25, -0.2) is 4.79 Å². The summed E-state index contributed by atoms with van der Waals surface area (Å²) >= 11 is 0. The average molecular weight is 163 g/mol. The number of nitrogens with one attached hydrogen (secondary N) is 2. The topological polar surface area (TPSA) is 54.0 Å². The van der Waals surface area contributed by atoms with Gasteiger partial charge in [0.2, 0.25) is 0 Å². The van der Waals surface area contributed by atoms with Crippen LogP contribution in [-0.2, 0) is 6.54 Å². The van der Waals surface area contributed by atoms with Crippen molar-refractivity contribution in [3.8, 4) is 0 Å². The van der Waals surface area contributed by atoms with Gasteiger partial charge in [0, 0.05) is 12.2 Å². The van der Waals surface area contributed by atoms with E-state index in [1.54, 1.807) is 6.20 Å². The molecule has 62 valence electrons. The summed E-state index contributed by atoms with van der Waals surface area (Å²) in [5.74, 6) is 0. The molecule has 2 amide bonds. The van der Waals surface area contributed by atoms with Crippen LogP contribution >= 0.6 is 0 Å². The van der Waals surface area contributed by atoms with Gasteiger partial charge in [0.15, 0.2) is 0 Å². The minimum absolute atomic E-state index is 0.159. The Balaban J connectivity index is 2.43. The highest BCUT2D eigenvalue weighted by atomic mass is 16.2. The number of aryl methyl sites for hydroxylation is 1. The monoisotopic (exact) mass is 163 g/mol. The van der Waals surface area contributed by atoms with Gasteiger partial charge in [0.05, 0.1) is 11.9 Å².